The summed E-state index contributed by atoms with van der Waals surface area (Å²) in [5.41, 5.74) is 2.15. The van der Waals surface area contributed by atoms with Gasteiger partial charge in [0.05, 0.1) is 12.5 Å². The van der Waals surface area contributed by atoms with Gasteiger partial charge in [-0.3, -0.25) is 4.79 Å². The molecule has 0 aromatic carbocycles. The summed E-state index contributed by atoms with van der Waals surface area (Å²) in [4.78, 5) is 11.4. The zero-order valence-corrected chi connectivity index (χ0v) is 7.62. The Morgan fingerprint density at radius 3 is 3.00 bits per heavy atom. The molecule has 0 saturated carbocycles. The summed E-state index contributed by atoms with van der Waals surface area (Å²) in [5, 5.41) is 0. The number of hydrogen-bond acceptors (Lipinski definition) is 2. The predicted octanol–water partition coefficient (Wildman–Crippen LogP) is 2.66. The molecule has 0 radical (unpaired) electrons. The number of carbonyl (C=O) groups is 1. The summed E-state index contributed by atoms with van der Waals surface area (Å²) in [6.07, 6.45) is 7.01. The number of ketones is 1. The summed E-state index contributed by atoms with van der Waals surface area (Å²) in [6.45, 7) is 1.98. The molecule has 0 saturated heterocycles. The fourth-order valence-corrected chi connectivity index (χ4v) is 1.58. The molecular weight excluding hydrogens is 164 g/mol. The van der Waals surface area contributed by atoms with E-state index in [0.29, 0.717) is 0 Å². The first-order valence-electron chi connectivity index (χ1n) is 4.54. The molecule has 0 N–H and O–H groups in total. The van der Waals surface area contributed by atoms with Crippen molar-refractivity contribution < 1.29 is 9.21 Å². The molecule has 1 aromatic heterocycles. The highest BCUT2D eigenvalue weighted by Gasteiger charge is 2.18. The number of furan rings is 1. The van der Waals surface area contributed by atoms with Crippen LogP contribution in [0.1, 0.15) is 25.3 Å². The Kier molecular flexibility index (Phi) is 2.05. The molecule has 1 aliphatic carbocycles. The van der Waals surface area contributed by atoms with Crippen molar-refractivity contribution in [3.63, 3.8) is 0 Å². The van der Waals surface area contributed by atoms with Gasteiger partial charge in [0.1, 0.15) is 0 Å². The van der Waals surface area contributed by atoms with Gasteiger partial charge in [0.2, 0.25) is 0 Å². The highest BCUT2D eigenvalue weighted by Crippen LogP contribution is 2.27. The van der Waals surface area contributed by atoms with Crippen LogP contribution >= 0.6 is 0 Å². The molecule has 1 aromatic rings. The van der Waals surface area contributed by atoms with E-state index in [0.717, 1.165) is 24.0 Å². The molecule has 0 aliphatic heterocycles. The third kappa shape index (κ3) is 1.57. The van der Waals surface area contributed by atoms with Gasteiger partial charge in [-0.05, 0) is 30.6 Å². The van der Waals surface area contributed by atoms with Crippen molar-refractivity contribution in [1.29, 1.82) is 0 Å². The largest absolute Gasteiger partial charge is 0.472 e. The molecule has 1 atom stereocenters. The molecule has 2 rings (SSSR count). The topological polar surface area (TPSA) is 30.2 Å². The Bertz CT molecular complexity index is 333. The molecule has 1 aliphatic rings. The average Bonchev–Trinajstić information content (AvgIpc) is 2.62. The first kappa shape index (κ1) is 8.30. The van der Waals surface area contributed by atoms with Crippen LogP contribution in [0.4, 0.5) is 0 Å². The van der Waals surface area contributed by atoms with E-state index in [-0.39, 0.29) is 11.7 Å². The van der Waals surface area contributed by atoms with Gasteiger partial charge >= 0.3 is 0 Å². The average molecular weight is 176 g/mol. The van der Waals surface area contributed by atoms with E-state index in [1.54, 1.807) is 18.6 Å². The van der Waals surface area contributed by atoms with Gasteiger partial charge < -0.3 is 4.42 Å². The summed E-state index contributed by atoms with van der Waals surface area (Å²) in [7, 11) is 0. The second-order valence-electron chi connectivity index (χ2n) is 3.52. The van der Waals surface area contributed by atoms with Crippen LogP contribution in [-0.4, -0.2) is 5.78 Å². The van der Waals surface area contributed by atoms with Crippen molar-refractivity contribution in [2.45, 2.75) is 19.8 Å². The Morgan fingerprint density at radius 2 is 2.38 bits per heavy atom. The Labute approximate surface area is 77.2 Å². The van der Waals surface area contributed by atoms with E-state index in [1.807, 2.05) is 13.0 Å². The monoisotopic (exact) mass is 176 g/mol. The van der Waals surface area contributed by atoms with Gasteiger partial charge in [0, 0.05) is 11.5 Å². The summed E-state index contributed by atoms with van der Waals surface area (Å²) in [6, 6.07) is 1.90. The number of allylic oxidation sites excluding steroid dienone is 2. The van der Waals surface area contributed by atoms with Crippen LogP contribution in [0.2, 0.25) is 0 Å². The number of hydrogen-bond donors (Lipinski definition) is 0. The van der Waals surface area contributed by atoms with Crippen molar-refractivity contribution in [2.24, 2.45) is 5.92 Å². The SMILES string of the molecule is CC1CCC(c2ccoc2)=CC1=O. The molecule has 0 amide bonds. The highest BCUT2D eigenvalue weighted by molar-refractivity contribution is 5.99. The minimum absolute atomic E-state index is 0.190. The lowest BCUT2D eigenvalue weighted by Crippen LogP contribution is -2.13. The quantitative estimate of drug-likeness (QED) is 0.658. The molecule has 2 heteroatoms. The van der Waals surface area contributed by atoms with E-state index in [1.165, 1.54) is 0 Å². The molecule has 2 nitrogen and oxygen atoms in total. The first-order valence-corrected chi connectivity index (χ1v) is 4.54. The smallest absolute Gasteiger partial charge is 0.158 e. The van der Waals surface area contributed by atoms with Gasteiger partial charge in [-0.25, -0.2) is 0 Å². The van der Waals surface area contributed by atoms with Gasteiger partial charge in [0.15, 0.2) is 5.78 Å². The fourth-order valence-electron chi connectivity index (χ4n) is 1.58. The van der Waals surface area contributed by atoms with E-state index in [2.05, 4.69) is 0 Å². The van der Waals surface area contributed by atoms with Crippen molar-refractivity contribution >= 4 is 11.4 Å². The number of carbonyl (C=O) groups excluding carboxylic acids is 1. The third-order valence-corrected chi connectivity index (χ3v) is 2.54. The molecule has 1 unspecified atom stereocenters. The zero-order chi connectivity index (χ0) is 9.26. The molecule has 0 fully saturated rings. The van der Waals surface area contributed by atoms with Crippen LogP contribution in [0.15, 0.2) is 29.1 Å². The van der Waals surface area contributed by atoms with Gasteiger partial charge in [-0.15, -0.1) is 0 Å². The van der Waals surface area contributed by atoms with Gasteiger partial charge in [0.25, 0.3) is 0 Å². The molecule has 0 spiro atoms. The van der Waals surface area contributed by atoms with E-state index >= 15 is 0 Å². The van der Waals surface area contributed by atoms with Crippen LogP contribution in [0, 0.1) is 5.92 Å². The normalized spacial score (nSPS) is 23.0. The lowest BCUT2D eigenvalue weighted by molar-refractivity contribution is -0.118. The van der Waals surface area contributed by atoms with Crippen LogP contribution in [0.25, 0.3) is 5.57 Å². The van der Waals surface area contributed by atoms with Gasteiger partial charge in [-0.1, -0.05) is 6.92 Å². The van der Waals surface area contributed by atoms with Gasteiger partial charge in [-0.2, -0.15) is 0 Å². The van der Waals surface area contributed by atoms with Crippen molar-refractivity contribution in [2.75, 3.05) is 0 Å². The molecular formula is C11H12O2. The highest BCUT2D eigenvalue weighted by atomic mass is 16.3. The maximum atomic E-state index is 11.4. The van der Waals surface area contributed by atoms with Crippen LogP contribution in [0.3, 0.4) is 0 Å². The van der Waals surface area contributed by atoms with Crippen LogP contribution in [0.5, 0.6) is 0 Å². The minimum atomic E-state index is 0.190. The first-order chi connectivity index (χ1) is 6.27. The molecule has 0 bridgehead atoms. The van der Waals surface area contributed by atoms with Crippen molar-refractivity contribution in [3.8, 4) is 0 Å². The standard InChI is InChI=1S/C11H12O2/c1-8-2-3-9(6-11(8)12)10-4-5-13-7-10/h4-8H,2-3H2,1H3. The Hall–Kier alpha value is -1.31. The number of rotatable bonds is 1. The molecule has 68 valence electrons. The van der Waals surface area contributed by atoms with E-state index < -0.39 is 0 Å². The van der Waals surface area contributed by atoms with Crippen LogP contribution < -0.4 is 0 Å². The summed E-state index contributed by atoms with van der Waals surface area (Å²) < 4.78 is 4.98. The Morgan fingerprint density at radius 1 is 1.54 bits per heavy atom. The maximum Gasteiger partial charge on any atom is 0.158 e. The molecule has 1 heterocycles. The third-order valence-electron chi connectivity index (χ3n) is 2.54. The van der Waals surface area contributed by atoms with E-state index in [4.69, 9.17) is 4.42 Å². The summed E-state index contributed by atoms with van der Waals surface area (Å²) >= 11 is 0. The second-order valence-corrected chi connectivity index (χ2v) is 3.52. The fraction of sp³-hybridized carbons (Fsp3) is 0.364. The second kappa shape index (κ2) is 3.21. The van der Waals surface area contributed by atoms with Crippen molar-refractivity contribution in [3.05, 3.63) is 30.2 Å². The van der Waals surface area contributed by atoms with Crippen molar-refractivity contribution in [1.82, 2.24) is 0 Å². The van der Waals surface area contributed by atoms with E-state index in [9.17, 15) is 4.79 Å². The summed E-state index contributed by atoms with van der Waals surface area (Å²) in [5.74, 6) is 0.429. The minimum Gasteiger partial charge on any atom is -0.472 e. The lowest BCUT2D eigenvalue weighted by Gasteiger charge is -2.15. The van der Waals surface area contributed by atoms with Crippen LogP contribution in [-0.2, 0) is 4.79 Å². The molecule has 13 heavy (non-hydrogen) atoms. The predicted molar refractivity (Wildman–Crippen MR) is 50.1 cm³/mol. The lowest BCUT2D eigenvalue weighted by atomic mass is 9.88. The zero-order valence-electron chi connectivity index (χ0n) is 7.62. The maximum absolute atomic E-state index is 11.4. The Balaban J connectivity index is 2.27.